The Morgan fingerprint density at radius 2 is 1.52 bits per heavy atom. The summed E-state index contributed by atoms with van der Waals surface area (Å²) in [7, 11) is 0. The quantitative estimate of drug-likeness (QED) is 0.864. The van der Waals surface area contributed by atoms with Gasteiger partial charge in [-0.2, -0.15) is 13.2 Å². The standard InChI is InChI=1S/C15H27F3N2O/c16-15(17,18)12-20-8-4-7-19(9-10-20)11-14(21)13-5-2-1-3-6-13/h13-14,21H,1-12H2/t14-/m0/s1. The third-order valence-corrected chi connectivity index (χ3v) is 4.72. The first kappa shape index (κ1) is 17.0. The van der Waals surface area contributed by atoms with E-state index in [1.54, 1.807) is 0 Å². The van der Waals surface area contributed by atoms with Crippen molar-refractivity contribution >= 4 is 0 Å². The monoisotopic (exact) mass is 308 g/mol. The highest BCUT2D eigenvalue weighted by atomic mass is 19.4. The zero-order valence-electron chi connectivity index (χ0n) is 12.6. The number of aliphatic hydroxyl groups is 1. The van der Waals surface area contributed by atoms with Crippen molar-refractivity contribution in [3.8, 4) is 0 Å². The molecule has 1 heterocycles. The maximum absolute atomic E-state index is 12.4. The SMILES string of the molecule is O[C@@H](CN1CCCN(CC(F)(F)F)CC1)C1CCCCC1. The Kier molecular flexibility index (Phi) is 6.32. The molecule has 2 rings (SSSR count). The third-order valence-electron chi connectivity index (χ3n) is 4.72. The van der Waals surface area contributed by atoms with Gasteiger partial charge in [0.05, 0.1) is 12.6 Å². The molecule has 2 aliphatic rings. The summed E-state index contributed by atoms with van der Waals surface area (Å²) in [5.41, 5.74) is 0. The molecular formula is C15H27F3N2O. The van der Waals surface area contributed by atoms with Gasteiger partial charge in [0, 0.05) is 19.6 Å². The minimum atomic E-state index is -4.11. The number of rotatable bonds is 4. The number of halogens is 3. The highest BCUT2D eigenvalue weighted by Gasteiger charge is 2.32. The van der Waals surface area contributed by atoms with Gasteiger partial charge in [0.2, 0.25) is 0 Å². The van der Waals surface area contributed by atoms with Crippen molar-refractivity contribution in [3.63, 3.8) is 0 Å². The largest absolute Gasteiger partial charge is 0.401 e. The van der Waals surface area contributed by atoms with Gasteiger partial charge in [-0.3, -0.25) is 9.80 Å². The minimum absolute atomic E-state index is 0.320. The van der Waals surface area contributed by atoms with Crippen molar-refractivity contribution in [1.82, 2.24) is 9.80 Å². The molecule has 1 saturated heterocycles. The van der Waals surface area contributed by atoms with E-state index in [0.717, 1.165) is 25.8 Å². The summed E-state index contributed by atoms with van der Waals surface area (Å²) in [6, 6.07) is 0. The van der Waals surface area contributed by atoms with E-state index >= 15 is 0 Å². The van der Waals surface area contributed by atoms with Crippen LogP contribution in [-0.4, -0.2) is 66.5 Å². The second-order valence-corrected chi connectivity index (χ2v) is 6.51. The summed E-state index contributed by atoms with van der Waals surface area (Å²) < 4.78 is 37.3. The molecule has 1 saturated carbocycles. The lowest BCUT2D eigenvalue weighted by Crippen LogP contribution is -2.40. The van der Waals surface area contributed by atoms with Crippen LogP contribution < -0.4 is 0 Å². The van der Waals surface area contributed by atoms with E-state index in [9.17, 15) is 18.3 Å². The number of hydrogen-bond donors (Lipinski definition) is 1. The van der Waals surface area contributed by atoms with Crippen LogP contribution in [0.1, 0.15) is 38.5 Å². The lowest BCUT2D eigenvalue weighted by atomic mass is 9.85. The molecule has 1 atom stereocenters. The van der Waals surface area contributed by atoms with Crippen molar-refractivity contribution < 1.29 is 18.3 Å². The van der Waals surface area contributed by atoms with Crippen molar-refractivity contribution in [2.45, 2.75) is 50.8 Å². The summed E-state index contributed by atoms with van der Waals surface area (Å²) >= 11 is 0. The van der Waals surface area contributed by atoms with E-state index in [2.05, 4.69) is 4.90 Å². The first-order chi connectivity index (χ1) is 9.94. The molecule has 0 unspecified atom stereocenters. The third kappa shape index (κ3) is 6.12. The molecule has 0 aromatic carbocycles. The van der Waals surface area contributed by atoms with E-state index in [-0.39, 0.29) is 6.10 Å². The van der Waals surface area contributed by atoms with Gasteiger partial charge in [0.25, 0.3) is 0 Å². The zero-order valence-corrected chi connectivity index (χ0v) is 12.6. The topological polar surface area (TPSA) is 26.7 Å². The molecule has 0 radical (unpaired) electrons. The summed E-state index contributed by atoms with van der Waals surface area (Å²) in [6.07, 6.45) is 2.15. The van der Waals surface area contributed by atoms with Gasteiger partial charge in [-0.1, -0.05) is 19.3 Å². The molecule has 124 valence electrons. The van der Waals surface area contributed by atoms with Gasteiger partial charge in [0.1, 0.15) is 0 Å². The highest BCUT2D eigenvalue weighted by molar-refractivity contribution is 4.78. The van der Waals surface area contributed by atoms with Crippen LogP contribution in [0, 0.1) is 5.92 Å². The summed E-state index contributed by atoms with van der Waals surface area (Å²) in [6.45, 7) is 2.15. The number of aliphatic hydroxyl groups excluding tert-OH is 1. The van der Waals surface area contributed by atoms with Gasteiger partial charge < -0.3 is 5.11 Å². The average molecular weight is 308 g/mol. The second kappa shape index (κ2) is 7.79. The Hall–Kier alpha value is -0.330. The Morgan fingerprint density at radius 3 is 2.19 bits per heavy atom. The predicted octanol–water partition coefficient (Wildman–Crippen LogP) is 2.50. The second-order valence-electron chi connectivity index (χ2n) is 6.51. The normalized spacial score (nSPS) is 25.7. The molecule has 3 nitrogen and oxygen atoms in total. The zero-order chi connectivity index (χ0) is 15.3. The molecule has 6 heteroatoms. The van der Waals surface area contributed by atoms with Crippen molar-refractivity contribution in [2.75, 3.05) is 39.3 Å². The van der Waals surface area contributed by atoms with E-state index in [0.29, 0.717) is 32.1 Å². The molecule has 1 aliphatic heterocycles. The van der Waals surface area contributed by atoms with E-state index in [4.69, 9.17) is 0 Å². The van der Waals surface area contributed by atoms with Gasteiger partial charge in [-0.05, 0) is 38.3 Å². The van der Waals surface area contributed by atoms with Crippen molar-refractivity contribution in [1.29, 1.82) is 0 Å². The molecule has 21 heavy (non-hydrogen) atoms. The van der Waals surface area contributed by atoms with Crippen LogP contribution in [0.3, 0.4) is 0 Å². The van der Waals surface area contributed by atoms with Gasteiger partial charge in [-0.25, -0.2) is 0 Å². The first-order valence-electron chi connectivity index (χ1n) is 8.13. The highest BCUT2D eigenvalue weighted by Crippen LogP contribution is 2.27. The van der Waals surface area contributed by atoms with Crippen molar-refractivity contribution in [3.05, 3.63) is 0 Å². The van der Waals surface area contributed by atoms with Crippen LogP contribution >= 0.6 is 0 Å². The van der Waals surface area contributed by atoms with Crippen LogP contribution in [0.5, 0.6) is 0 Å². The fourth-order valence-corrected chi connectivity index (χ4v) is 3.55. The van der Waals surface area contributed by atoms with Gasteiger partial charge in [-0.15, -0.1) is 0 Å². The average Bonchev–Trinajstić information content (AvgIpc) is 2.63. The Balaban J connectivity index is 1.74. The van der Waals surface area contributed by atoms with E-state index < -0.39 is 12.7 Å². The predicted molar refractivity (Wildman–Crippen MR) is 76.1 cm³/mol. The summed E-state index contributed by atoms with van der Waals surface area (Å²) in [4.78, 5) is 3.61. The van der Waals surface area contributed by atoms with Crippen LogP contribution in [0.2, 0.25) is 0 Å². The number of hydrogen-bond acceptors (Lipinski definition) is 3. The molecule has 0 amide bonds. The number of β-amino-alcohol motifs (C(OH)–C–C–N with tert-alkyl or cyclic N) is 1. The molecular weight excluding hydrogens is 281 g/mol. The van der Waals surface area contributed by atoms with Crippen molar-refractivity contribution in [2.24, 2.45) is 5.92 Å². The molecule has 0 bridgehead atoms. The lowest BCUT2D eigenvalue weighted by Gasteiger charge is -2.31. The van der Waals surface area contributed by atoms with Crippen LogP contribution in [0.4, 0.5) is 13.2 Å². The van der Waals surface area contributed by atoms with Crippen LogP contribution in [0.25, 0.3) is 0 Å². The van der Waals surface area contributed by atoms with Gasteiger partial charge in [0.15, 0.2) is 0 Å². The summed E-state index contributed by atoms with van der Waals surface area (Å²) in [5, 5.41) is 10.3. The maximum atomic E-state index is 12.4. The smallest absolute Gasteiger partial charge is 0.392 e. The van der Waals surface area contributed by atoms with Gasteiger partial charge >= 0.3 is 6.18 Å². The van der Waals surface area contributed by atoms with E-state index in [1.165, 1.54) is 24.2 Å². The molecule has 2 fully saturated rings. The minimum Gasteiger partial charge on any atom is -0.392 e. The molecule has 1 N–H and O–H groups in total. The lowest BCUT2D eigenvalue weighted by molar-refractivity contribution is -0.145. The molecule has 0 spiro atoms. The molecule has 0 aromatic rings. The first-order valence-corrected chi connectivity index (χ1v) is 8.13. The number of nitrogens with zero attached hydrogens (tertiary/aromatic N) is 2. The number of alkyl halides is 3. The van der Waals surface area contributed by atoms with Crippen LogP contribution in [-0.2, 0) is 0 Å². The maximum Gasteiger partial charge on any atom is 0.401 e. The summed E-state index contributed by atoms with van der Waals surface area (Å²) in [5.74, 6) is 0.383. The fourth-order valence-electron chi connectivity index (χ4n) is 3.55. The van der Waals surface area contributed by atoms with Crippen LogP contribution in [0.15, 0.2) is 0 Å². The Bertz CT molecular complexity index is 306. The molecule has 0 aromatic heterocycles. The Labute approximate surface area is 125 Å². The Morgan fingerprint density at radius 1 is 0.905 bits per heavy atom. The van der Waals surface area contributed by atoms with E-state index in [1.807, 2.05) is 0 Å². The fraction of sp³-hybridized carbons (Fsp3) is 1.00. The molecule has 1 aliphatic carbocycles.